The Bertz CT molecular complexity index is 714. The van der Waals surface area contributed by atoms with Crippen LogP contribution in [0.5, 0.6) is 0 Å². The quantitative estimate of drug-likeness (QED) is 0.506. The van der Waals surface area contributed by atoms with Crippen molar-refractivity contribution in [2.75, 3.05) is 0 Å². The molecule has 0 atom stereocenters. The SMILES string of the molecule is O=Cc1cnc2c(ccc3cc(C=O)cnc32)c1. The molecule has 4 nitrogen and oxygen atoms in total. The van der Waals surface area contributed by atoms with Crippen molar-refractivity contribution in [3.8, 4) is 0 Å². The van der Waals surface area contributed by atoms with Crippen molar-refractivity contribution in [3.63, 3.8) is 0 Å². The topological polar surface area (TPSA) is 59.9 Å². The fourth-order valence-corrected chi connectivity index (χ4v) is 1.96. The molecular formula is C14H8N2O2. The zero-order valence-electron chi connectivity index (χ0n) is 9.33. The van der Waals surface area contributed by atoms with E-state index in [1.165, 1.54) is 12.4 Å². The van der Waals surface area contributed by atoms with Crippen molar-refractivity contribution in [1.29, 1.82) is 0 Å². The van der Waals surface area contributed by atoms with E-state index in [2.05, 4.69) is 9.97 Å². The van der Waals surface area contributed by atoms with Crippen molar-refractivity contribution in [3.05, 3.63) is 47.8 Å². The maximum atomic E-state index is 10.7. The molecule has 3 rings (SSSR count). The van der Waals surface area contributed by atoms with Crippen LogP contribution in [0, 0.1) is 0 Å². The fraction of sp³-hybridized carbons (Fsp3) is 0. The lowest BCUT2D eigenvalue weighted by Gasteiger charge is -2.03. The molecule has 0 amide bonds. The molecule has 0 N–H and O–H groups in total. The van der Waals surface area contributed by atoms with Crippen molar-refractivity contribution in [2.24, 2.45) is 0 Å². The standard InChI is InChI=1S/C14H8N2O2/c17-7-9-3-11-1-2-12-4-10(8-18)6-16-14(12)13(11)15-5-9/h1-8H. The highest BCUT2D eigenvalue weighted by Crippen LogP contribution is 2.22. The predicted molar refractivity (Wildman–Crippen MR) is 67.8 cm³/mol. The van der Waals surface area contributed by atoms with Gasteiger partial charge in [0.05, 0.1) is 11.0 Å². The minimum absolute atomic E-state index is 0.534. The molecule has 0 aliphatic heterocycles. The molecule has 0 saturated carbocycles. The van der Waals surface area contributed by atoms with Gasteiger partial charge in [-0.05, 0) is 12.1 Å². The molecule has 2 aromatic heterocycles. The Morgan fingerprint density at radius 3 is 1.61 bits per heavy atom. The number of pyridine rings is 2. The average Bonchev–Trinajstić information content (AvgIpc) is 2.45. The van der Waals surface area contributed by atoms with E-state index in [1.807, 2.05) is 12.1 Å². The lowest BCUT2D eigenvalue weighted by atomic mass is 10.1. The van der Waals surface area contributed by atoms with Gasteiger partial charge < -0.3 is 0 Å². The van der Waals surface area contributed by atoms with Crippen molar-refractivity contribution in [2.45, 2.75) is 0 Å². The highest BCUT2D eigenvalue weighted by molar-refractivity contribution is 6.04. The van der Waals surface area contributed by atoms with E-state index in [1.54, 1.807) is 12.1 Å². The summed E-state index contributed by atoms with van der Waals surface area (Å²) in [4.78, 5) is 29.9. The fourth-order valence-electron chi connectivity index (χ4n) is 1.96. The molecule has 0 spiro atoms. The van der Waals surface area contributed by atoms with Gasteiger partial charge in [-0.15, -0.1) is 0 Å². The Morgan fingerprint density at radius 2 is 1.22 bits per heavy atom. The highest BCUT2D eigenvalue weighted by atomic mass is 16.1. The van der Waals surface area contributed by atoms with Gasteiger partial charge in [-0.3, -0.25) is 19.6 Å². The first-order valence-electron chi connectivity index (χ1n) is 5.41. The molecule has 0 aliphatic carbocycles. The highest BCUT2D eigenvalue weighted by Gasteiger charge is 2.05. The Labute approximate surface area is 102 Å². The van der Waals surface area contributed by atoms with E-state index in [4.69, 9.17) is 0 Å². The van der Waals surface area contributed by atoms with Crippen LogP contribution in [0.1, 0.15) is 20.7 Å². The number of carbonyl (C=O) groups excluding carboxylic acids is 2. The molecule has 4 heteroatoms. The van der Waals surface area contributed by atoms with Crippen LogP contribution in [0.2, 0.25) is 0 Å². The normalized spacial score (nSPS) is 10.7. The first kappa shape index (κ1) is 10.5. The molecular weight excluding hydrogens is 228 g/mol. The summed E-state index contributed by atoms with van der Waals surface area (Å²) in [7, 11) is 0. The third-order valence-electron chi connectivity index (χ3n) is 2.82. The van der Waals surface area contributed by atoms with Gasteiger partial charge in [0.1, 0.15) is 0 Å². The number of aldehydes is 2. The van der Waals surface area contributed by atoms with Crippen LogP contribution < -0.4 is 0 Å². The summed E-state index contributed by atoms with van der Waals surface area (Å²) in [6, 6.07) is 7.27. The van der Waals surface area contributed by atoms with Gasteiger partial charge in [0.25, 0.3) is 0 Å². The zero-order chi connectivity index (χ0) is 12.5. The smallest absolute Gasteiger partial charge is 0.151 e. The van der Waals surface area contributed by atoms with E-state index in [0.717, 1.165) is 34.4 Å². The maximum Gasteiger partial charge on any atom is 0.151 e. The number of fused-ring (bicyclic) bond motifs is 3. The summed E-state index contributed by atoms with van der Waals surface area (Å²) in [6.07, 6.45) is 4.56. The molecule has 18 heavy (non-hydrogen) atoms. The molecule has 0 fully saturated rings. The van der Waals surface area contributed by atoms with E-state index in [0.29, 0.717) is 11.1 Å². The van der Waals surface area contributed by atoms with Crippen LogP contribution in [-0.2, 0) is 0 Å². The third kappa shape index (κ3) is 1.55. The molecule has 86 valence electrons. The van der Waals surface area contributed by atoms with E-state index < -0.39 is 0 Å². The maximum absolute atomic E-state index is 10.7. The number of carbonyl (C=O) groups is 2. The van der Waals surface area contributed by atoms with Crippen molar-refractivity contribution in [1.82, 2.24) is 9.97 Å². The van der Waals surface area contributed by atoms with Gasteiger partial charge in [0.15, 0.2) is 12.6 Å². The van der Waals surface area contributed by atoms with Crippen LogP contribution in [-0.4, -0.2) is 22.5 Å². The predicted octanol–water partition coefficient (Wildman–Crippen LogP) is 2.41. The first-order valence-corrected chi connectivity index (χ1v) is 5.41. The van der Waals surface area contributed by atoms with Crippen LogP contribution in [0.15, 0.2) is 36.7 Å². The van der Waals surface area contributed by atoms with Gasteiger partial charge in [-0.2, -0.15) is 0 Å². The Kier molecular flexibility index (Phi) is 2.34. The van der Waals surface area contributed by atoms with E-state index >= 15 is 0 Å². The zero-order valence-corrected chi connectivity index (χ0v) is 9.33. The summed E-state index contributed by atoms with van der Waals surface area (Å²) in [5.41, 5.74) is 2.53. The molecule has 1 aromatic carbocycles. The second-order valence-electron chi connectivity index (χ2n) is 3.98. The molecule has 0 unspecified atom stereocenters. The van der Waals surface area contributed by atoms with Gasteiger partial charge in [0, 0.05) is 34.3 Å². The largest absolute Gasteiger partial charge is 0.298 e. The van der Waals surface area contributed by atoms with E-state index in [9.17, 15) is 9.59 Å². The van der Waals surface area contributed by atoms with E-state index in [-0.39, 0.29) is 0 Å². The number of benzene rings is 1. The number of hydrogen-bond acceptors (Lipinski definition) is 4. The summed E-state index contributed by atoms with van der Waals surface area (Å²) >= 11 is 0. The Hall–Kier alpha value is -2.62. The molecule has 0 saturated heterocycles. The van der Waals surface area contributed by atoms with Gasteiger partial charge in [-0.1, -0.05) is 12.1 Å². The van der Waals surface area contributed by atoms with Crippen molar-refractivity contribution >= 4 is 34.4 Å². The molecule has 0 radical (unpaired) electrons. The Balaban J connectivity index is 2.39. The number of rotatable bonds is 2. The third-order valence-corrected chi connectivity index (χ3v) is 2.82. The Morgan fingerprint density at radius 1 is 0.778 bits per heavy atom. The second kappa shape index (κ2) is 4.00. The molecule has 0 bridgehead atoms. The average molecular weight is 236 g/mol. The van der Waals surface area contributed by atoms with Crippen LogP contribution in [0.4, 0.5) is 0 Å². The van der Waals surface area contributed by atoms with Gasteiger partial charge >= 0.3 is 0 Å². The lowest BCUT2D eigenvalue weighted by molar-refractivity contribution is 0.111. The molecule has 3 aromatic rings. The van der Waals surface area contributed by atoms with Gasteiger partial charge in [0.2, 0.25) is 0 Å². The summed E-state index contributed by atoms with van der Waals surface area (Å²) in [5, 5.41) is 1.72. The minimum Gasteiger partial charge on any atom is -0.298 e. The number of nitrogens with zero attached hydrogens (tertiary/aromatic N) is 2. The number of aromatic nitrogens is 2. The minimum atomic E-state index is 0.534. The molecule has 2 heterocycles. The first-order chi connectivity index (χ1) is 8.81. The molecule has 0 aliphatic rings. The summed E-state index contributed by atoms with van der Waals surface area (Å²) < 4.78 is 0. The second-order valence-corrected chi connectivity index (χ2v) is 3.98. The van der Waals surface area contributed by atoms with Crippen molar-refractivity contribution < 1.29 is 9.59 Å². The van der Waals surface area contributed by atoms with Gasteiger partial charge in [-0.25, -0.2) is 0 Å². The number of hydrogen-bond donors (Lipinski definition) is 0. The van der Waals surface area contributed by atoms with Crippen LogP contribution in [0.25, 0.3) is 21.8 Å². The monoisotopic (exact) mass is 236 g/mol. The van der Waals surface area contributed by atoms with Crippen LogP contribution in [0.3, 0.4) is 0 Å². The van der Waals surface area contributed by atoms with Crippen LogP contribution >= 0.6 is 0 Å². The lowest BCUT2D eigenvalue weighted by Crippen LogP contribution is -1.90. The summed E-state index contributed by atoms with van der Waals surface area (Å²) in [5.74, 6) is 0. The summed E-state index contributed by atoms with van der Waals surface area (Å²) in [6.45, 7) is 0.